The second-order valence-corrected chi connectivity index (χ2v) is 3.97. The third-order valence-corrected chi connectivity index (χ3v) is 2.73. The molecule has 1 heterocycles. The van der Waals surface area contributed by atoms with Gasteiger partial charge in [-0.2, -0.15) is 0 Å². The standard InChI is InChI=1S/C12H11ClN2O/c1-3-4-15-7-14-11-5-9(8(2)16)10(13)6-12(11)15/h3,5-7H,1,4H2,2H3. The molecule has 0 spiro atoms. The van der Waals surface area contributed by atoms with Gasteiger partial charge in [-0.15, -0.1) is 6.58 Å². The number of rotatable bonds is 3. The van der Waals surface area contributed by atoms with Crippen LogP contribution in [0, 0.1) is 0 Å². The predicted octanol–water partition coefficient (Wildman–Crippen LogP) is 3.08. The van der Waals surface area contributed by atoms with Crippen LogP contribution in [0.2, 0.25) is 5.02 Å². The minimum Gasteiger partial charge on any atom is -0.327 e. The zero-order chi connectivity index (χ0) is 11.7. The predicted molar refractivity (Wildman–Crippen MR) is 64.9 cm³/mol. The van der Waals surface area contributed by atoms with E-state index in [1.165, 1.54) is 6.92 Å². The molecular formula is C12H11ClN2O. The van der Waals surface area contributed by atoms with Crippen molar-refractivity contribution in [2.45, 2.75) is 13.5 Å². The van der Waals surface area contributed by atoms with Crippen molar-refractivity contribution in [2.75, 3.05) is 0 Å². The highest BCUT2D eigenvalue weighted by Gasteiger charge is 2.10. The van der Waals surface area contributed by atoms with E-state index in [1.54, 1.807) is 24.5 Å². The van der Waals surface area contributed by atoms with Gasteiger partial charge in [0.25, 0.3) is 0 Å². The fourth-order valence-corrected chi connectivity index (χ4v) is 1.92. The summed E-state index contributed by atoms with van der Waals surface area (Å²) in [5.74, 6) is -0.0508. The molecule has 0 saturated carbocycles. The Kier molecular flexibility index (Phi) is 2.79. The Morgan fingerprint density at radius 1 is 1.62 bits per heavy atom. The van der Waals surface area contributed by atoms with Crippen LogP contribution < -0.4 is 0 Å². The van der Waals surface area contributed by atoms with Crippen LogP contribution in [0.5, 0.6) is 0 Å². The zero-order valence-electron chi connectivity index (χ0n) is 8.90. The molecule has 0 atom stereocenters. The van der Waals surface area contributed by atoms with Crippen molar-refractivity contribution >= 4 is 28.4 Å². The summed E-state index contributed by atoms with van der Waals surface area (Å²) in [6.45, 7) is 5.84. The third kappa shape index (κ3) is 1.74. The van der Waals surface area contributed by atoms with E-state index in [4.69, 9.17) is 11.6 Å². The fourth-order valence-electron chi connectivity index (χ4n) is 1.63. The van der Waals surface area contributed by atoms with Crippen molar-refractivity contribution in [3.63, 3.8) is 0 Å². The third-order valence-electron chi connectivity index (χ3n) is 2.41. The summed E-state index contributed by atoms with van der Waals surface area (Å²) in [5, 5.41) is 0.464. The average molecular weight is 235 g/mol. The Morgan fingerprint density at radius 2 is 2.38 bits per heavy atom. The van der Waals surface area contributed by atoms with Crippen LogP contribution in [-0.4, -0.2) is 15.3 Å². The van der Waals surface area contributed by atoms with Gasteiger partial charge in [-0.1, -0.05) is 17.7 Å². The minimum atomic E-state index is -0.0508. The Morgan fingerprint density at radius 3 is 3.00 bits per heavy atom. The van der Waals surface area contributed by atoms with Gasteiger partial charge in [0, 0.05) is 12.1 Å². The van der Waals surface area contributed by atoms with Crippen molar-refractivity contribution in [1.82, 2.24) is 9.55 Å². The number of hydrogen-bond acceptors (Lipinski definition) is 2. The first-order valence-electron chi connectivity index (χ1n) is 4.89. The summed E-state index contributed by atoms with van der Waals surface area (Å²) < 4.78 is 1.93. The number of fused-ring (bicyclic) bond motifs is 1. The van der Waals surface area contributed by atoms with Crippen molar-refractivity contribution in [3.8, 4) is 0 Å². The molecule has 1 aromatic carbocycles. The number of Topliss-reactive ketones (excluding diaryl/α,β-unsaturated/α-hetero) is 1. The fraction of sp³-hybridized carbons (Fsp3) is 0.167. The maximum atomic E-state index is 11.3. The number of aromatic nitrogens is 2. The maximum absolute atomic E-state index is 11.3. The van der Waals surface area contributed by atoms with Crippen molar-refractivity contribution in [1.29, 1.82) is 0 Å². The van der Waals surface area contributed by atoms with Crippen LogP contribution in [0.25, 0.3) is 11.0 Å². The normalized spacial score (nSPS) is 10.6. The van der Waals surface area contributed by atoms with Crippen LogP contribution in [-0.2, 0) is 6.54 Å². The summed E-state index contributed by atoms with van der Waals surface area (Å²) in [7, 11) is 0. The Bertz CT molecular complexity index is 572. The van der Waals surface area contributed by atoms with Crippen molar-refractivity contribution in [2.24, 2.45) is 0 Å². The zero-order valence-corrected chi connectivity index (χ0v) is 9.66. The molecule has 0 bridgehead atoms. The van der Waals surface area contributed by atoms with E-state index in [1.807, 2.05) is 4.57 Å². The molecule has 3 nitrogen and oxygen atoms in total. The smallest absolute Gasteiger partial charge is 0.161 e. The summed E-state index contributed by atoms with van der Waals surface area (Å²) >= 11 is 6.04. The lowest BCUT2D eigenvalue weighted by Gasteiger charge is -2.02. The van der Waals surface area contributed by atoms with E-state index in [-0.39, 0.29) is 5.78 Å². The van der Waals surface area contributed by atoms with E-state index < -0.39 is 0 Å². The Labute approximate surface area is 98.4 Å². The molecule has 0 aliphatic heterocycles. The van der Waals surface area contributed by atoms with Gasteiger partial charge in [0.15, 0.2) is 5.78 Å². The van der Waals surface area contributed by atoms with Gasteiger partial charge >= 0.3 is 0 Å². The lowest BCUT2D eigenvalue weighted by molar-refractivity contribution is 0.101. The van der Waals surface area contributed by atoms with E-state index in [0.29, 0.717) is 17.1 Å². The van der Waals surface area contributed by atoms with E-state index in [2.05, 4.69) is 11.6 Å². The molecule has 0 radical (unpaired) electrons. The van der Waals surface area contributed by atoms with Gasteiger partial charge < -0.3 is 4.57 Å². The molecule has 16 heavy (non-hydrogen) atoms. The minimum absolute atomic E-state index is 0.0508. The number of ketones is 1. The molecular weight excluding hydrogens is 224 g/mol. The molecule has 0 N–H and O–H groups in total. The maximum Gasteiger partial charge on any atom is 0.161 e. The highest BCUT2D eigenvalue weighted by Crippen LogP contribution is 2.23. The van der Waals surface area contributed by atoms with Crippen LogP contribution in [0.4, 0.5) is 0 Å². The van der Waals surface area contributed by atoms with E-state index in [0.717, 1.165) is 11.0 Å². The molecule has 2 rings (SSSR count). The van der Waals surface area contributed by atoms with E-state index >= 15 is 0 Å². The molecule has 2 aromatic rings. The number of imidazole rings is 1. The second kappa shape index (κ2) is 4.10. The molecule has 0 aliphatic rings. The number of carbonyl (C=O) groups is 1. The molecule has 0 amide bonds. The summed E-state index contributed by atoms with van der Waals surface area (Å²) in [6.07, 6.45) is 3.50. The molecule has 0 fully saturated rings. The molecule has 1 aromatic heterocycles. The van der Waals surface area contributed by atoms with Gasteiger partial charge in [-0.25, -0.2) is 4.98 Å². The molecule has 82 valence electrons. The topological polar surface area (TPSA) is 34.9 Å². The van der Waals surface area contributed by atoms with Crippen LogP contribution >= 0.6 is 11.6 Å². The van der Waals surface area contributed by atoms with Crippen molar-refractivity contribution < 1.29 is 4.79 Å². The number of carbonyl (C=O) groups excluding carboxylic acids is 1. The van der Waals surface area contributed by atoms with Gasteiger partial charge in [-0.3, -0.25) is 4.79 Å². The number of hydrogen-bond donors (Lipinski definition) is 0. The Balaban J connectivity index is 2.66. The summed E-state index contributed by atoms with van der Waals surface area (Å²) in [5.41, 5.74) is 2.20. The van der Waals surface area contributed by atoms with Crippen LogP contribution in [0.15, 0.2) is 31.1 Å². The molecule has 4 heteroatoms. The quantitative estimate of drug-likeness (QED) is 0.604. The van der Waals surface area contributed by atoms with Gasteiger partial charge in [-0.05, 0) is 19.1 Å². The monoisotopic (exact) mass is 234 g/mol. The number of allylic oxidation sites excluding steroid dienone is 1. The first kappa shape index (κ1) is 10.9. The highest BCUT2D eigenvalue weighted by molar-refractivity contribution is 6.34. The van der Waals surface area contributed by atoms with Gasteiger partial charge in [0.2, 0.25) is 0 Å². The summed E-state index contributed by atoms with van der Waals surface area (Å²) in [4.78, 5) is 15.5. The molecule has 0 aliphatic carbocycles. The van der Waals surface area contributed by atoms with Crippen molar-refractivity contribution in [3.05, 3.63) is 41.7 Å². The average Bonchev–Trinajstić information content (AvgIpc) is 2.60. The largest absolute Gasteiger partial charge is 0.327 e. The van der Waals surface area contributed by atoms with Gasteiger partial charge in [0.05, 0.1) is 22.4 Å². The number of benzene rings is 1. The van der Waals surface area contributed by atoms with E-state index in [9.17, 15) is 4.79 Å². The second-order valence-electron chi connectivity index (χ2n) is 3.56. The molecule has 0 unspecified atom stereocenters. The molecule has 0 saturated heterocycles. The van der Waals surface area contributed by atoms with Crippen LogP contribution in [0.1, 0.15) is 17.3 Å². The highest BCUT2D eigenvalue weighted by atomic mass is 35.5. The summed E-state index contributed by atoms with van der Waals surface area (Å²) in [6, 6.07) is 3.49. The van der Waals surface area contributed by atoms with Crippen LogP contribution in [0.3, 0.4) is 0 Å². The lowest BCUT2D eigenvalue weighted by Crippen LogP contribution is -1.95. The number of nitrogens with zero attached hydrogens (tertiary/aromatic N) is 2. The number of halogens is 1. The SMILES string of the molecule is C=CCn1cnc2cc(C(C)=O)c(Cl)cc21. The van der Waals surface area contributed by atoms with Gasteiger partial charge in [0.1, 0.15) is 0 Å². The Hall–Kier alpha value is -1.61. The first-order valence-corrected chi connectivity index (χ1v) is 5.27. The first-order chi connectivity index (χ1) is 7.63. The lowest BCUT2D eigenvalue weighted by atomic mass is 10.1.